The Morgan fingerprint density at radius 1 is 0.900 bits per heavy atom. The van der Waals surface area contributed by atoms with E-state index < -0.39 is 39.7 Å². The Morgan fingerprint density at radius 2 is 1.62 bits per heavy atom. The van der Waals surface area contributed by atoms with Crippen molar-refractivity contribution < 1.29 is 32.3 Å². The summed E-state index contributed by atoms with van der Waals surface area (Å²) < 4.78 is 33.7. The summed E-state index contributed by atoms with van der Waals surface area (Å²) in [5, 5.41) is 2.19. The van der Waals surface area contributed by atoms with Crippen molar-refractivity contribution in [3.05, 3.63) is 53.6 Å². The van der Waals surface area contributed by atoms with Crippen LogP contribution in [0, 0.1) is 0 Å². The van der Waals surface area contributed by atoms with Crippen molar-refractivity contribution in [1.29, 1.82) is 0 Å². The molecule has 2 aromatic rings. The lowest BCUT2D eigenvalue weighted by Crippen LogP contribution is -2.54. The summed E-state index contributed by atoms with van der Waals surface area (Å²) in [6.45, 7) is 1.79. The Bertz CT molecular complexity index is 1510. The topological polar surface area (TPSA) is 159 Å². The SMILES string of the molecule is NC1CCN(S(=O)(=O)c2cccc(OC3CN(c4ccc5c(c4)C(=O)N(C4CCC(=O)NC4=O)C5=O)C3)c2)CC1. The van der Waals surface area contributed by atoms with Crippen LogP contribution < -0.4 is 20.7 Å². The van der Waals surface area contributed by atoms with Crippen LogP contribution in [0.25, 0.3) is 0 Å². The van der Waals surface area contributed by atoms with E-state index in [9.17, 15) is 27.6 Å². The fourth-order valence-corrected chi connectivity index (χ4v) is 7.05. The molecule has 4 amide bonds. The van der Waals surface area contributed by atoms with Gasteiger partial charge in [-0.25, -0.2) is 8.42 Å². The zero-order valence-electron chi connectivity index (χ0n) is 21.6. The predicted octanol–water partition coefficient (Wildman–Crippen LogP) is 0.467. The van der Waals surface area contributed by atoms with Gasteiger partial charge in [-0.3, -0.25) is 29.4 Å². The van der Waals surface area contributed by atoms with E-state index >= 15 is 0 Å². The standard InChI is InChI=1S/C27H29N5O7S/c28-16-8-10-31(11-9-16)40(37,38)20-3-1-2-18(13-20)39-19-14-30(15-19)17-4-5-21-22(12-17)27(36)32(26(21)35)23-6-7-24(33)29-25(23)34/h1-5,12-13,16,19,23H,6-11,14-15,28H2,(H,29,33,34). The lowest BCUT2D eigenvalue weighted by atomic mass is 10.0. The lowest BCUT2D eigenvalue weighted by Gasteiger charge is -2.40. The summed E-state index contributed by atoms with van der Waals surface area (Å²) in [6.07, 6.45) is 1.22. The highest BCUT2D eigenvalue weighted by molar-refractivity contribution is 7.89. The molecule has 210 valence electrons. The highest BCUT2D eigenvalue weighted by Gasteiger charge is 2.45. The molecule has 2 aromatic carbocycles. The fraction of sp³-hybridized carbons (Fsp3) is 0.407. The molecule has 4 aliphatic heterocycles. The molecule has 1 unspecified atom stereocenters. The van der Waals surface area contributed by atoms with Crippen molar-refractivity contribution in [3.63, 3.8) is 0 Å². The maximum atomic E-state index is 13.1. The van der Waals surface area contributed by atoms with E-state index in [0.717, 1.165) is 10.6 Å². The summed E-state index contributed by atoms with van der Waals surface area (Å²) >= 11 is 0. The molecule has 13 heteroatoms. The Kier molecular flexibility index (Phi) is 6.59. The molecule has 0 spiro atoms. The van der Waals surface area contributed by atoms with Crippen LogP contribution in [0.4, 0.5) is 5.69 Å². The van der Waals surface area contributed by atoms with Crippen molar-refractivity contribution in [2.45, 2.75) is 48.8 Å². The Hall–Kier alpha value is -3.81. The minimum Gasteiger partial charge on any atom is -0.487 e. The summed E-state index contributed by atoms with van der Waals surface area (Å²) in [5.74, 6) is -1.72. The fourth-order valence-electron chi connectivity index (χ4n) is 5.54. The van der Waals surface area contributed by atoms with Crippen LogP contribution in [0.2, 0.25) is 0 Å². The van der Waals surface area contributed by atoms with Crippen molar-refractivity contribution in [2.75, 3.05) is 31.1 Å². The van der Waals surface area contributed by atoms with Gasteiger partial charge in [-0.1, -0.05) is 6.07 Å². The molecule has 0 radical (unpaired) electrons. The van der Waals surface area contributed by atoms with E-state index in [1.807, 2.05) is 4.90 Å². The number of anilines is 1. The second-order valence-corrected chi connectivity index (χ2v) is 12.5. The van der Waals surface area contributed by atoms with Gasteiger partial charge in [0.05, 0.1) is 29.1 Å². The molecular weight excluding hydrogens is 538 g/mol. The van der Waals surface area contributed by atoms with Gasteiger partial charge in [-0.05, 0) is 49.6 Å². The van der Waals surface area contributed by atoms with Crippen LogP contribution in [-0.2, 0) is 19.6 Å². The second kappa shape index (κ2) is 9.98. The van der Waals surface area contributed by atoms with Crippen LogP contribution in [0.1, 0.15) is 46.4 Å². The first-order valence-corrected chi connectivity index (χ1v) is 14.7. The molecule has 6 rings (SSSR count). The number of carbonyl (C=O) groups excluding carboxylic acids is 4. The van der Waals surface area contributed by atoms with Gasteiger partial charge in [-0.15, -0.1) is 0 Å². The minimum absolute atomic E-state index is 0.0243. The van der Waals surface area contributed by atoms with Gasteiger partial charge < -0.3 is 15.4 Å². The van der Waals surface area contributed by atoms with Gasteiger partial charge in [0.25, 0.3) is 11.8 Å². The quantitative estimate of drug-likeness (QED) is 0.473. The van der Waals surface area contributed by atoms with E-state index in [-0.39, 0.29) is 41.0 Å². The normalized spacial score (nSPS) is 22.8. The molecule has 0 bridgehead atoms. The highest BCUT2D eigenvalue weighted by Crippen LogP contribution is 2.33. The Morgan fingerprint density at radius 3 is 2.35 bits per heavy atom. The molecule has 4 heterocycles. The largest absolute Gasteiger partial charge is 0.487 e. The minimum atomic E-state index is -3.64. The van der Waals surface area contributed by atoms with Gasteiger partial charge in [0.2, 0.25) is 21.8 Å². The number of nitrogens with one attached hydrogen (secondary N) is 1. The first-order valence-electron chi connectivity index (χ1n) is 13.2. The molecule has 3 fully saturated rings. The number of ether oxygens (including phenoxy) is 1. The average molecular weight is 568 g/mol. The van der Waals surface area contributed by atoms with Gasteiger partial charge in [-0.2, -0.15) is 4.31 Å². The maximum absolute atomic E-state index is 13.1. The van der Waals surface area contributed by atoms with Crippen LogP contribution in [0.3, 0.4) is 0 Å². The van der Waals surface area contributed by atoms with Crippen molar-refractivity contribution in [1.82, 2.24) is 14.5 Å². The molecule has 0 aromatic heterocycles. The molecule has 0 aliphatic carbocycles. The third-order valence-corrected chi connectivity index (χ3v) is 9.78. The molecule has 3 N–H and O–H groups in total. The van der Waals surface area contributed by atoms with Crippen molar-refractivity contribution in [3.8, 4) is 5.75 Å². The zero-order valence-corrected chi connectivity index (χ0v) is 22.4. The molecule has 1 atom stereocenters. The third-order valence-electron chi connectivity index (χ3n) is 7.88. The number of imide groups is 2. The number of nitrogens with zero attached hydrogens (tertiary/aromatic N) is 3. The number of benzene rings is 2. The Balaban J connectivity index is 1.10. The van der Waals surface area contributed by atoms with Crippen molar-refractivity contribution in [2.24, 2.45) is 5.73 Å². The summed E-state index contributed by atoms with van der Waals surface area (Å²) in [6, 6.07) is 10.4. The molecule has 40 heavy (non-hydrogen) atoms. The van der Waals surface area contributed by atoms with Gasteiger partial charge in [0.15, 0.2) is 0 Å². The number of amides is 4. The van der Waals surface area contributed by atoms with E-state index in [0.29, 0.717) is 44.8 Å². The van der Waals surface area contributed by atoms with Crippen LogP contribution in [0.5, 0.6) is 5.75 Å². The first kappa shape index (κ1) is 26.4. The second-order valence-electron chi connectivity index (χ2n) is 10.5. The number of fused-ring (bicyclic) bond motifs is 1. The molecule has 4 aliphatic rings. The van der Waals surface area contributed by atoms with E-state index in [1.165, 1.54) is 10.4 Å². The number of hydrogen-bond donors (Lipinski definition) is 2. The molecular formula is C27H29N5O7S. The molecule has 12 nitrogen and oxygen atoms in total. The number of piperidine rings is 2. The maximum Gasteiger partial charge on any atom is 0.262 e. The predicted molar refractivity (Wildman–Crippen MR) is 142 cm³/mol. The number of nitrogens with two attached hydrogens (primary N) is 1. The van der Waals surface area contributed by atoms with Crippen molar-refractivity contribution >= 4 is 39.3 Å². The smallest absolute Gasteiger partial charge is 0.262 e. The van der Waals surface area contributed by atoms with Crippen LogP contribution in [-0.4, -0.2) is 85.6 Å². The van der Waals surface area contributed by atoms with Gasteiger partial charge in [0, 0.05) is 37.3 Å². The van der Waals surface area contributed by atoms with E-state index in [1.54, 1.807) is 36.4 Å². The van der Waals surface area contributed by atoms with Gasteiger partial charge in [0.1, 0.15) is 17.9 Å². The van der Waals surface area contributed by atoms with E-state index in [4.69, 9.17) is 10.5 Å². The molecule has 0 saturated carbocycles. The highest BCUT2D eigenvalue weighted by atomic mass is 32.2. The third kappa shape index (κ3) is 4.63. The Labute approximate surface area is 231 Å². The molecule has 3 saturated heterocycles. The van der Waals surface area contributed by atoms with Gasteiger partial charge >= 0.3 is 0 Å². The zero-order chi connectivity index (χ0) is 28.2. The number of hydrogen-bond acceptors (Lipinski definition) is 9. The lowest BCUT2D eigenvalue weighted by molar-refractivity contribution is -0.136. The van der Waals surface area contributed by atoms with Crippen LogP contribution >= 0.6 is 0 Å². The number of sulfonamides is 1. The number of carbonyl (C=O) groups is 4. The number of rotatable bonds is 6. The first-order chi connectivity index (χ1) is 19.1. The monoisotopic (exact) mass is 567 g/mol. The average Bonchev–Trinajstić information content (AvgIpc) is 3.15. The van der Waals surface area contributed by atoms with E-state index in [2.05, 4.69) is 5.32 Å². The van der Waals surface area contributed by atoms with Crippen LogP contribution in [0.15, 0.2) is 47.4 Å². The summed E-state index contributed by atoms with van der Waals surface area (Å²) in [4.78, 5) is 52.9. The summed E-state index contributed by atoms with van der Waals surface area (Å²) in [7, 11) is -3.64. The summed E-state index contributed by atoms with van der Waals surface area (Å²) in [5.41, 5.74) is 7.08.